The Bertz CT molecular complexity index is 521. The maximum absolute atomic E-state index is 12.1. The first-order valence-electron chi connectivity index (χ1n) is 4.93. The minimum atomic E-state index is -0.106. The number of benzene rings is 2. The average Bonchev–Trinajstić information content (AvgIpc) is 2.32. The molecular weight excluding hydrogens is 200 g/mol. The van der Waals surface area contributed by atoms with Crippen molar-refractivity contribution < 1.29 is 4.79 Å². The van der Waals surface area contributed by atoms with Gasteiger partial charge in [0.2, 0.25) is 0 Å². The van der Waals surface area contributed by atoms with Crippen molar-refractivity contribution in [3.8, 4) is 0 Å². The third kappa shape index (κ3) is 1.88. The molecule has 2 aromatic carbocycles. The Balaban J connectivity index is 2.46. The van der Waals surface area contributed by atoms with Crippen LogP contribution in [0.3, 0.4) is 0 Å². The molecule has 0 unspecified atom stereocenters. The number of anilines is 2. The average molecular weight is 212 g/mol. The number of nitrogens with two attached hydrogens (primary N) is 2. The zero-order valence-corrected chi connectivity index (χ0v) is 8.68. The standard InChI is InChI=1S/C13H12N2O/c14-10-6-7-12(15)11(8-10)13(16)9-4-2-1-3-5-9/h1-8H,14-15H2. The number of carbonyl (C=O) groups is 1. The van der Waals surface area contributed by atoms with Crippen LogP contribution in [0.1, 0.15) is 15.9 Å². The third-order valence-electron chi connectivity index (χ3n) is 2.36. The number of carbonyl (C=O) groups excluding carboxylic acids is 1. The molecule has 0 atom stereocenters. The molecule has 0 aliphatic heterocycles. The Morgan fingerprint density at radius 2 is 1.62 bits per heavy atom. The first-order valence-corrected chi connectivity index (χ1v) is 4.93. The zero-order valence-electron chi connectivity index (χ0n) is 8.68. The summed E-state index contributed by atoms with van der Waals surface area (Å²) in [4.78, 5) is 12.1. The molecule has 0 aliphatic rings. The highest BCUT2D eigenvalue weighted by Crippen LogP contribution is 2.19. The first-order chi connectivity index (χ1) is 7.68. The summed E-state index contributed by atoms with van der Waals surface area (Å²) >= 11 is 0. The lowest BCUT2D eigenvalue weighted by atomic mass is 10.0. The van der Waals surface area contributed by atoms with Crippen LogP contribution in [0, 0.1) is 0 Å². The molecular formula is C13H12N2O. The summed E-state index contributed by atoms with van der Waals surface area (Å²) in [5.41, 5.74) is 13.4. The van der Waals surface area contributed by atoms with E-state index >= 15 is 0 Å². The molecule has 16 heavy (non-hydrogen) atoms. The molecule has 0 amide bonds. The lowest BCUT2D eigenvalue weighted by molar-refractivity contribution is 0.103. The normalized spacial score (nSPS) is 10.0. The molecule has 3 heteroatoms. The van der Waals surface area contributed by atoms with Crippen molar-refractivity contribution in [2.75, 3.05) is 11.5 Å². The quantitative estimate of drug-likeness (QED) is 0.591. The Hall–Kier alpha value is -2.29. The van der Waals surface area contributed by atoms with Gasteiger partial charge in [-0.1, -0.05) is 30.3 Å². The second-order valence-corrected chi connectivity index (χ2v) is 3.54. The summed E-state index contributed by atoms with van der Waals surface area (Å²) in [5.74, 6) is -0.106. The monoisotopic (exact) mass is 212 g/mol. The van der Waals surface area contributed by atoms with Crippen LogP contribution in [0.15, 0.2) is 48.5 Å². The molecule has 0 aromatic heterocycles. The van der Waals surface area contributed by atoms with Gasteiger partial charge in [0.25, 0.3) is 0 Å². The summed E-state index contributed by atoms with van der Waals surface area (Å²) in [6, 6.07) is 13.9. The number of hydrogen-bond acceptors (Lipinski definition) is 3. The van der Waals surface area contributed by atoms with Gasteiger partial charge in [0.1, 0.15) is 0 Å². The fourth-order valence-corrected chi connectivity index (χ4v) is 1.52. The summed E-state index contributed by atoms with van der Waals surface area (Å²) in [6.07, 6.45) is 0. The van der Waals surface area contributed by atoms with Gasteiger partial charge in [-0.15, -0.1) is 0 Å². The molecule has 0 radical (unpaired) electrons. The van der Waals surface area contributed by atoms with Crippen LogP contribution in [0.25, 0.3) is 0 Å². The number of hydrogen-bond donors (Lipinski definition) is 2. The SMILES string of the molecule is Nc1ccc(N)c(C(=O)c2ccccc2)c1. The largest absolute Gasteiger partial charge is 0.399 e. The molecule has 0 bridgehead atoms. The molecule has 80 valence electrons. The van der Waals surface area contributed by atoms with E-state index in [0.29, 0.717) is 22.5 Å². The maximum atomic E-state index is 12.1. The van der Waals surface area contributed by atoms with E-state index in [0.717, 1.165) is 0 Å². The van der Waals surface area contributed by atoms with Crippen molar-refractivity contribution in [2.24, 2.45) is 0 Å². The van der Waals surface area contributed by atoms with E-state index in [1.54, 1.807) is 30.3 Å². The Morgan fingerprint density at radius 1 is 0.938 bits per heavy atom. The molecule has 0 spiro atoms. The van der Waals surface area contributed by atoms with Crippen LogP contribution < -0.4 is 11.5 Å². The minimum Gasteiger partial charge on any atom is -0.399 e. The van der Waals surface area contributed by atoms with Crippen molar-refractivity contribution in [3.05, 3.63) is 59.7 Å². The molecule has 2 rings (SSSR count). The fraction of sp³-hybridized carbons (Fsp3) is 0. The van der Waals surface area contributed by atoms with E-state index in [4.69, 9.17) is 11.5 Å². The summed E-state index contributed by atoms with van der Waals surface area (Å²) < 4.78 is 0. The highest BCUT2D eigenvalue weighted by molar-refractivity contribution is 6.12. The van der Waals surface area contributed by atoms with Gasteiger partial charge in [-0.3, -0.25) is 4.79 Å². The highest BCUT2D eigenvalue weighted by Gasteiger charge is 2.11. The molecule has 0 saturated carbocycles. The van der Waals surface area contributed by atoms with Crippen molar-refractivity contribution in [1.29, 1.82) is 0 Å². The molecule has 4 N–H and O–H groups in total. The predicted molar refractivity (Wildman–Crippen MR) is 65.1 cm³/mol. The van der Waals surface area contributed by atoms with Crippen LogP contribution in [0.5, 0.6) is 0 Å². The fourth-order valence-electron chi connectivity index (χ4n) is 1.52. The van der Waals surface area contributed by atoms with Crippen molar-refractivity contribution in [3.63, 3.8) is 0 Å². The van der Waals surface area contributed by atoms with E-state index in [9.17, 15) is 4.79 Å². The summed E-state index contributed by atoms with van der Waals surface area (Å²) in [5, 5.41) is 0. The van der Waals surface area contributed by atoms with Crippen LogP contribution >= 0.6 is 0 Å². The van der Waals surface area contributed by atoms with Gasteiger partial charge in [-0.25, -0.2) is 0 Å². The number of nitrogen functional groups attached to an aromatic ring is 2. The summed E-state index contributed by atoms with van der Waals surface area (Å²) in [7, 11) is 0. The topological polar surface area (TPSA) is 69.1 Å². The second kappa shape index (κ2) is 4.06. The molecule has 0 fully saturated rings. The van der Waals surface area contributed by atoms with Gasteiger partial charge in [0, 0.05) is 22.5 Å². The van der Waals surface area contributed by atoms with E-state index in [1.807, 2.05) is 18.2 Å². The van der Waals surface area contributed by atoms with Crippen LogP contribution in [-0.4, -0.2) is 5.78 Å². The molecule has 0 saturated heterocycles. The number of rotatable bonds is 2. The van der Waals surface area contributed by atoms with Crippen molar-refractivity contribution in [2.45, 2.75) is 0 Å². The van der Waals surface area contributed by atoms with E-state index < -0.39 is 0 Å². The molecule has 3 nitrogen and oxygen atoms in total. The lowest BCUT2D eigenvalue weighted by Crippen LogP contribution is -2.06. The second-order valence-electron chi connectivity index (χ2n) is 3.54. The van der Waals surface area contributed by atoms with Gasteiger partial charge in [0.15, 0.2) is 5.78 Å². The maximum Gasteiger partial charge on any atom is 0.195 e. The molecule has 2 aromatic rings. The van der Waals surface area contributed by atoms with Gasteiger partial charge in [-0.05, 0) is 18.2 Å². The lowest BCUT2D eigenvalue weighted by Gasteiger charge is -2.05. The Kier molecular flexibility index (Phi) is 2.60. The van der Waals surface area contributed by atoms with Gasteiger partial charge in [-0.2, -0.15) is 0 Å². The van der Waals surface area contributed by atoms with Gasteiger partial charge >= 0.3 is 0 Å². The molecule has 0 aliphatic carbocycles. The smallest absolute Gasteiger partial charge is 0.195 e. The Morgan fingerprint density at radius 3 is 2.31 bits per heavy atom. The zero-order chi connectivity index (χ0) is 11.5. The number of ketones is 1. The van der Waals surface area contributed by atoms with Crippen LogP contribution in [-0.2, 0) is 0 Å². The highest BCUT2D eigenvalue weighted by atomic mass is 16.1. The predicted octanol–water partition coefficient (Wildman–Crippen LogP) is 2.08. The van der Waals surface area contributed by atoms with Crippen molar-refractivity contribution >= 4 is 17.2 Å². The summed E-state index contributed by atoms with van der Waals surface area (Å²) in [6.45, 7) is 0. The minimum absolute atomic E-state index is 0.106. The Labute approximate surface area is 93.7 Å². The third-order valence-corrected chi connectivity index (χ3v) is 2.36. The molecule has 0 heterocycles. The van der Waals surface area contributed by atoms with Gasteiger partial charge in [0.05, 0.1) is 0 Å². The van der Waals surface area contributed by atoms with Crippen LogP contribution in [0.2, 0.25) is 0 Å². The van der Waals surface area contributed by atoms with Gasteiger partial charge < -0.3 is 11.5 Å². The first kappa shape index (κ1) is 10.2. The van der Waals surface area contributed by atoms with E-state index in [-0.39, 0.29) is 5.78 Å². The van der Waals surface area contributed by atoms with Crippen LogP contribution in [0.4, 0.5) is 11.4 Å². The van der Waals surface area contributed by atoms with Crippen molar-refractivity contribution in [1.82, 2.24) is 0 Å². The van der Waals surface area contributed by atoms with E-state index in [1.165, 1.54) is 0 Å². The van der Waals surface area contributed by atoms with E-state index in [2.05, 4.69) is 0 Å².